The summed E-state index contributed by atoms with van der Waals surface area (Å²) in [5.41, 5.74) is 1.51. The summed E-state index contributed by atoms with van der Waals surface area (Å²) in [6.45, 7) is 5.83. The van der Waals surface area contributed by atoms with Crippen molar-refractivity contribution in [2.24, 2.45) is 5.92 Å². The average Bonchev–Trinajstić information content (AvgIpc) is 2.25. The molecule has 2 N–H and O–H groups in total. The van der Waals surface area contributed by atoms with Gasteiger partial charge in [-0.1, -0.05) is 13.8 Å². The minimum absolute atomic E-state index is 0.0510. The average molecular weight is 221 g/mol. The first-order valence-electron chi connectivity index (χ1n) is 5.69. The zero-order valence-corrected chi connectivity index (χ0v) is 10.1. The quantitative estimate of drug-likeness (QED) is 0.768. The van der Waals surface area contributed by atoms with Gasteiger partial charge in [0.2, 0.25) is 5.91 Å². The van der Waals surface area contributed by atoms with Crippen molar-refractivity contribution in [2.75, 3.05) is 5.32 Å². The molecule has 0 saturated heterocycles. The van der Waals surface area contributed by atoms with Crippen molar-refractivity contribution in [3.63, 3.8) is 0 Å². The Labute approximate surface area is 96.5 Å². The van der Waals surface area contributed by atoms with Crippen LogP contribution in [-0.4, -0.2) is 11.0 Å². The largest absolute Gasteiger partial charge is 0.508 e. The Kier molecular flexibility index (Phi) is 4.35. The molecule has 0 aliphatic carbocycles. The number of nitrogens with one attached hydrogen (secondary N) is 1. The molecule has 88 valence electrons. The van der Waals surface area contributed by atoms with Crippen molar-refractivity contribution >= 4 is 11.6 Å². The van der Waals surface area contributed by atoms with Crippen molar-refractivity contribution in [1.29, 1.82) is 0 Å². The first-order chi connectivity index (χ1) is 7.58. The maximum Gasteiger partial charge on any atom is 0.227 e. The number of anilines is 1. The lowest BCUT2D eigenvalue weighted by molar-refractivity contribution is -0.120. The van der Waals surface area contributed by atoms with Crippen LogP contribution in [0.4, 0.5) is 5.69 Å². The summed E-state index contributed by atoms with van der Waals surface area (Å²) in [6.07, 6.45) is 1.69. The maximum absolute atomic E-state index is 11.8. The molecule has 0 saturated carbocycles. The van der Waals surface area contributed by atoms with Crippen LogP contribution >= 0.6 is 0 Å². The Bertz CT molecular complexity index is 370. The molecule has 0 aliphatic heterocycles. The van der Waals surface area contributed by atoms with E-state index in [9.17, 15) is 9.90 Å². The van der Waals surface area contributed by atoms with Gasteiger partial charge in [-0.2, -0.15) is 0 Å². The lowest BCUT2D eigenvalue weighted by Gasteiger charge is -2.13. The molecular weight excluding hydrogens is 202 g/mol. The highest BCUT2D eigenvalue weighted by atomic mass is 16.3. The first-order valence-corrected chi connectivity index (χ1v) is 5.69. The van der Waals surface area contributed by atoms with Crippen LogP contribution in [-0.2, 0) is 4.79 Å². The van der Waals surface area contributed by atoms with Crippen molar-refractivity contribution in [3.8, 4) is 5.75 Å². The molecule has 1 aromatic rings. The minimum Gasteiger partial charge on any atom is -0.508 e. The highest BCUT2D eigenvalue weighted by Gasteiger charge is 2.14. The molecule has 3 heteroatoms. The molecule has 0 fully saturated rings. The van der Waals surface area contributed by atoms with Crippen molar-refractivity contribution in [3.05, 3.63) is 23.8 Å². The zero-order chi connectivity index (χ0) is 12.1. The van der Waals surface area contributed by atoms with Gasteiger partial charge in [0.15, 0.2) is 0 Å². The fourth-order valence-corrected chi connectivity index (χ4v) is 1.64. The number of carbonyl (C=O) groups excluding carboxylic acids is 1. The molecule has 0 heterocycles. The molecule has 0 bridgehead atoms. The molecule has 16 heavy (non-hydrogen) atoms. The summed E-state index contributed by atoms with van der Waals surface area (Å²) >= 11 is 0. The van der Waals surface area contributed by atoms with Crippen LogP contribution in [0.5, 0.6) is 5.75 Å². The van der Waals surface area contributed by atoms with Gasteiger partial charge >= 0.3 is 0 Å². The second-order valence-corrected chi connectivity index (χ2v) is 4.00. The van der Waals surface area contributed by atoms with E-state index >= 15 is 0 Å². The highest BCUT2D eigenvalue weighted by molar-refractivity contribution is 5.92. The number of rotatable bonds is 4. The van der Waals surface area contributed by atoms with Crippen LogP contribution in [0.2, 0.25) is 0 Å². The van der Waals surface area contributed by atoms with E-state index in [1.165, 1.54) is 0 Å². The third-order valence-electron chi connectivity index (χ3n) is 2.82. The number of benzene rings is 1. The van der Waals surface area contributed by atoms with Crippen molar-refractivity contribution < 1.29 is 9.90 Å². The summed E-state index contributed by atoms with van der Waals surface area (Å²) in [7, 11) is 0. The van der Waals surface area contributed by atoms with E-state index in [0.29, 0.717) is 0 Å². The Hall–Kier alpha value is -1.51. The van der Waals surface area contributed by atoms with Gasteiger partial charge < -0.3 is 10.4 Å². The summed E-state index contributed by atoms with van der Waals surface area (Å²) in [5.74, 6) is 0.365. The lowest BCUT2D eigenvalue weighted by atomic mass is 10.0. The predicted molar refractivity (Wildman–Crippen MR) is 65.5 cm³/mol. The van der Waals surface area contributed by atoms with Crippen molar-refractivity contribution in [1.82, 2.24) is 0 Å². The smallest absolute Gasteiger partial charge is 0.227 e. The molecule has 0 aliphatic rings. The van der Waals surface area contributed by atoms with Gasteiger partial charge in [-0.3, -0.25) is 4.79 Å². The van der Waals surface area contributed by atoms with Gasteiger partial charge in [-0.25, -0.2) is 0 Å². The zero-order valence-electron chi connectivity index (χ0n) is 10.1. The number of hydrogen-bond acceptors (Lipinski definition) is 2. The number of aromatic hydroxyl groups is 1. The van der Waals surface area contributed by atoms with Crippen LogP contribution in [0.1, 0.15) is 32.3 Å². The minimum atomic E-state index is 0.0510. The Morgan fingerprint density at radius 2 is 2.00 bits per heavy atom. The van der Waals surface area contributed by atoms with Gasteiger partial charge in [0.05, 0.1) is 0 Å². The van der Waals surface area contributed by atoms with Crippen LogP contribution < -0.4 is 5.32 Å². The van der Waals surface area contributed by atoms with E-state index in [2.05, 4.69) is 5.32 Å². The van der Waals surface area contributed by atoms with E-state index in [0.717, 1.165) is 24.1 Å². The Balaban J connectivity index is 2.73. The fourth-order valence-electron chi connectivity index (χ4n) is 1.64. The van der Waals surface area contributed by atoms with E-state index in [-0.39, 0.29) is 17.6 Å². The standard InChI is InChI=1S/C13H19NO2/c1-4-10(5-2)13(16)14-11-6-7-12(15)9(3)8-11/h6-8,10,15H,4-5H2,1-3H3,(H,14,16). The molecular formula is C13H19NO2. The summed E-state index contributed by atoms with van der Waals surface area (Å²) < 4.78 is 0. The van der Waals surface area contributed by atoms with Crippen LogP contribution in [0.3, 0.4) is 0 Å². The first kappa shape index (κ1) is 12.6. The monoisotopic (exact) mass is 221 g/mol. The third kappa shape index (κ3) is 2.99. The topological polar surface area (TPSA) is 49.3 Å². The Morgan fingerprint density at radius 3 is 2.50 bits per heavy atom. The molecule has 1 aromatic carbocycles. The number of hydrogen-bond donors (Lipinski definition) is 2. The molecule has 0 atom stereocenters. The normalized spacial score (nSPS) is 10.5. The van der Waals surface area contributed by atoms with Gasteiger partial charge in [0.25, 0.3) is 0 Å². The van der Waals surface area contributed by atoms with Crippen LogP contribution in [0, 0.1) is 12.8 Å². The number of phenolic OH excluding ortho intramolecular Hbond substituents is 1. The molecule has 0 spiro atoms. The van der Waals surface area contributed by atoms with Gasteiger partial charge in [0, 0.05) is 11.6 Å². The number of carbonyl (C=O) groups is 1. The summed E-state index contributed by atoms with van der Waals surface area (Å²) in [5, 5.41) is 12.2. The molecule has 3 nitrogen and oxygen atoms in total. The number of amides is 1. The number of aryl methyl sites for hydroxylation is 1. The van der Waals surface area contributed by atoms with Gasteiger partial charge in [-0.15, -0.1) is 0 Å². The maximum atomic E-state index is 11.8. The third-order valence-corrected chi connectivity index (χ3v) is 2.82. The number of phenols is 1. The SMILES string of the molecule is CCC(CC)C(=O)Nc1ccc(O)c(C)c1. The van der Waals surface area contributed by atoms with E-state index in [4.69, 9.17) is 0 Å². The van der Waals surface area contributed by atoms with Crippen LogP contribution in [0.25, 0.3) is 0 Å². The second-order valence-electron chi connectivity index (χ2n) is 4.00. The summed E-state index contributed by atoms with van der Waals surface area (Å²) in [4.78, 5) is 11.8. The molecule has 1 amide bonds. The van der Waals surface area contributed by atoms with E-state index in [1.807, 2.05) is 20.8 Å². The van der Waals surface area contributed by atoms with Crippen molar-refractivity contribution in [2.45, 2.75) is 33.6 Å². The molecule has 0 radical (unpaired) electrons. The summed E-state index contributed by atoms with van der Waals surface area (Å²) in [6, 6.07) is 5.08. The predicted octanol–water partition coefficient (Wildman–Crippen LogP) is 3.08. The van der Waals surface area contributed by atoms with Gasteiger partial charge in [-0.05, 0) is 43.5 Å². The van der Waals surface area contributed by atoms with E-state index in [1.54, 1.807) is 18.2 Å². The lowest BCUT2D eigenvalue weighted by Crippen LogP contribution is -2.21. The highest BCUT2D eigenvalue weighted by Crippen LogP contribution is 2.21. The van der Waals surface area contributed by atoms with Crippen LogP contribution in [0.15, 0.2) is 18.2 Å². The molecule has 0 aromatic heterocycles. The Morgan fingerprint density at radius 1 is 1.38 bits per heavy atom. The molecule has 0 unspecified atom stereocenters. The van der Waals surface area contributed by atoms with Gasteiger partial charge in [0.1, 0.15) is 5.75 Å². The second kappa shape index (κ2) is 5.54. The fraction of sp³-hybridized carbons (Fsp3) is 0.462. The van der Waals surface area contributed by atoms with E-state index < -0.39 is 0 Å². The molecule has 1 rings (SSSR count).